The second-order valence-corrected chi connectivity index (χ2v) is 7.08. The fraction of sp³-hybridized carbons (Fsp3) is 0.143. The van der Waals surface area contributed by atoms with Gasteiger partial charge in [0.2, 0.25) is 0 Å². The lowest BCUT2D eigenvalue weighted by molar-refractivity contribution is 0.639. The topological polar surface area (TPSA) is 0 Å². The highest BCUT2D eigenvalue weighted by Crippen LogP contribution is 2.47. The Morgan fingerprint density at radius 2 is 0.917 bits per heavy atom. The second kappa shape index (κ2) is 8.07. The van der Waals surface area contributed by atoms with Gasteiger partial charge in [-0.2, -0.15) is 0 Å². The van der Waals surface area contributed by atoms with E-state index in [1.807, 2.05) is 72.8 Å². The summed E-state index contributed by atoms with van der Waals surface area (Å²) in [5.41, 5.74) is 3.19. The molecule has 122 valence electrons. The minimum absolute atomic E-state index is 0.0573. The zero-order valence-corrected chi connectivity index (χ0v) is 15.2. The summed E-state index contributed by atoms with van der Waals surface area (Å²) in [6, 6.07) is 27.9. The predicted octanol–water partition coefficient (Wildman–Crippen LogP) is 7.38. The molecule has 24 heavy (non-hydrogen) atoms. The lowest BCUT2D eigenvalue weighted by Crippen LogP contribution is -2.12. The summed E-state index contributed by atoms with van der Waals surface area (Å²) >= 11 is 19.8. The molecule has 0 heterocycles. The normalized spacial score (nSPS) is 14.8. The molecule has 0 radical (unpaired) electrons. The van der Waals surface area contributed by atoms with E-state index in [9.17, 15) is 0 Å². The Labute approximate surface area is 158 Å². The Morgan fingerprint density at radius 1 is 0.500 bits per heavy atom. The average molecular weight is 376 g/mol. The van der Waals surface area contributed by atoms with Crippen LogP contribution in [0.4, 0.5) is 0 Å². The Balaban J connectivity index is 2.00. The number of benzene rings is 3. The van der Waals surface area contributed by atoms with Gasteiger partial charge in [0.1, 0.15) is 0 Å². The van der Waals surface area contributed by atoms with Crippen LogP contribution in [0.5, 0.6) is 0 Å². The maximum atomic E-state index is 6.88. The second-order valence-electron chi connectivity index (χ2n) is 5.70. The van der Waals surface area contributed by atoms with Crippen molar-refractivity contribution in [2.45, 2.75) is 16.7 Å². The van der Waals surface area contributed by atoms with Gasteiger partial charge in [0.15, 0.2) is 0 Å². The van der Waals surface area contributed by atoms with Gasteiger partial charge in [0.05, 0.1) is 10.8 Å². The molecule has 0 aliphatic carbocycles. The smallest absolute Gasteiger partial charge is 0.0671 e. The molecule has 0 fully saturated rings. The van der Waals surface area contributed by atoms with Gasteiger partial charge in [-0.15, -0.1) is 23.2 Å². The highest BCUT2D eigenvalue weighted by molar-refractivity contribution is 6.30. The monoisotopic (exact) mass is 374 g/mol. The highest BCUT2D eigenvalue weighted by Gasteiger charge is 2.30. The molecule has 3 atom stereocenters. The van der Waals surface area contributed by atoms with Crippen molar-refractivity contribution in [1.29, 1.82) is 0 Å². The van der Waals surface area contributed by atoms with Crippen molar-refractivity contribution in [2.75, 3.05) is 0 Å². The van der Waals surface area contributed by atoms with Crippen LogP contribution in [0.1, 0.15) is 33.4 Å². The van der Waals surface area contributed by atoms with Crippen LogP contribution in [0.25, 0.3) is 0 Å². The van der Waals surface area contributed by atoms with Crippen LogP contribution in [0.15, 0.2) is 84.9 Å². The third-order valence-electron chi connectivity index (χ3n) is 4.12. The lowest BCUT2D eigenvalue weighted by Gasteiger charge is -2.28. The number of alkyl halides is 2. The molecule has 0 aliphatic heterocycles. The van der Waals surface area contributed by atoms with E-state index >= 15 is 0 Å². The molecule has 0 N–H and O–H groups in total. The van der Waals surface area contributed by atoms with E-state index < -0.39 is 0 Å². The predicted molar refractivity (Wildman–Crippen MR) is 104 cm³/mol. The number of rotatable bonds is 5. The molecule has 0 saturated heterocycles. The molecule has 3 aromatic carbocycles. The van der Waals surface area contributed by atoms with Crippen molar-refractivity contribution >= 4 is 34.8 Å². The SMILES string of the molecule is Clc1ccc(C(Cl)[C@@H](c2ccccc2)[C@@H](Cl)c2ccccc2)cc1. The van der Waals surface area contributed by atoms with Crippen LogP contribution in [0.3, 0.4) is 0 Å². The molecular formula is C21H17Cl3. The molecule has 3 heteroatoms. The van der Waals surface area contributed by atoms with Crippen LogP contribution >= 0.6 is 34.8 Å². The summed E-state index contributed by atoms with van der Waals surface area (Å²) in [5.74, 6) is -0.0573. The largest absolute Gasteiger partial charge is 0.117 e. The van der Waals surface area contributed by atoms with Crippen molar-refractivity contribution in [2.24, 2.45) is 0 Å². The van der Waals surface area contributed by atoms with Gasteiger partial charge in [-0.1, -0.05) is 84.4 Å². The minimum atomic E-state index is -0.257. The molecule has 0 nitrogen and oxygen atoms in total. The molecule has 0 spiro atoms. The third kappa shape index (κ3) is 3.95. The standard InChI is InChI=1S/C21H17Cl3/c22-18-13-11-17(12-14-18)21(24)19(15-7-3-1-4-8-15)20(23)16-9-5-2-6-10-16/h1-14,19-21H/t19-,20-,21?/m0/s1. The van der Waals surface area contributed by atoms with Crippen molar-refractivity contribution in [3.63, 3.8) is 0 Å². The first-order chi connectivity index (χ1) is 11.7. The van der Waals surface area contributed by atoms with E-state index in [4.69, 9.17) is 34.8 Å². The van der Waals surface area contributed by atoms with Gasteiger partial charge in [-0.05, 0) is 28.8 Å². The van der Waals surface area contributed by atoms with Crippen LogP contribution < -0.4 is 0 Å². The van der Waals surface area contributed by atoms with E-state index in [1.165, 1.54) is 0 Å². The Kier molecular flexibility index (Phi) is 5.84. The molecule has 0 amide bonds. The molecule has 0 aromatic heterocycles. The molecule has 0 aliphatic rings. The molecule has 3 aromatic rings. The number of halogens is 3. The van der Waals surface area contributed by atoms with E-state index in [0.29, 0.717) is 5.02 Å². The lowest BCUT2D eigenvalue weighted by atomic mass is 9.86. The van der Waals surface area contributed by atoms with Crippen molar-refractivity contribution in [3.05, 3.63) is 107 Å². The van der Waals surface area contributed by atoms with E-state index in [0.717, 1.165) is 16.7 Å². The first-order valence-electron chi connectivity index (χ1n) is 7.80. The maximum absolute atomic E-state index is 6.88. The number of hydrogen-bond donors (Lipinski definition) is 0. The van der Waals surface area contributed by atoms with Gasteiger partial charge >= 0.3 is 0 Å². The fourth-order valence-electron chi connectivity index (χ4n) is 2.86. The summed E-state index contributed by atoms with van der Waals surface area (Å²) in [5, 5.41) is 0.212. The Hall–Kier alpha value is -1.47. The van der Waals surface area contributed by atoms with Gasteiger partial charge in [-0.3, -0.25) is 0 Å². The Morgan fingerprint density at radius 3 is 1.42 bits per heavy atom. The Bertz CT molecular complexity index is 754. The molecule has 3 rings (SSSR count). The van der Waals surface area contributed by atoms with Gasteiger partial charge < -0.3 is 0 Å². The zero-order valence-electron chi connectivity index (χ0n) is 12.9. The molecule has 1 unspecified atom stereocenters. The molecular weight excluding hydrogens is 359 g/mol. The van der Waals surface area contributed by atoms with Crippen LogP contribution in [0, 0.1) is 0 Å². The highest BCUT2D eigenvalue weighted by atomic mass is 35.5. The summed E-state index contributed by atoms with van der Waals surface area (Å²) in [6.45, 7) is 0. The van der Waals surface area contributed by atoms with Gasteiger partial charge in [-0.25, -0.2) is 0 Å². The number of hydrogen-bond acceptors (Lipinski definition) is 0. The summed E-state index contributed by atoms with van der Waals surface area (Å²) in [6.07, 6.45) is 0. The summed E-state index contributed by atoms with van der Waals surface area (Å²) < 4.78 is 0. The van der Waals surface area contributed by atoms with Crippen molar-refractivity contribution < 1.29 is 0 Å². The minimum Gasteiger partial charge on any atom is -0.117 e. The van der Waals surface area contributed by atoms with E-state index in [1.54, 1.807) is 0 Å². The molecule has 0 bridgehead atoms. The van der Waals surface area contributed by atoms with E-state index in [-0.39, 0.29) is 16.7 Å². The quantitative estimate of drug-likeness (QED) is 0.408. The third-order valence-corrected chi connectivity index (χ3v) is 5.42. The van der Waals surface area contributed by atoms with Gasteiger partial charge in [0.25, 0.3) is 0 Å². The van der Waals surface area contributed by atoms with Crippen molar-refractivity contribution in [1.82, 2.24) is 0 Å². The van der Waals surface area contributed by atoms with Crippen molar-refractivity contribution in [3.8, 4) is 0 Å². The van der Waals surface area contributed by atoms with Gasteiger partial charge in [0, 0.05) is 10.9 Å². The van der Waals surface area contributed by atoms with Crippen LogP contribution in [0.2, 0.25) is 5.02 Å². The summed E-state index contributed by atoms with van der Waals surface area (Å²) in [4.78, 5) is 0. The maximum Gasteiger partial charge on any atom is 0.0671 e. The molecule has 0 saturated carbocycles. The fourth-order valence-corrected chi connectivity index (χ4v) is 3.93. The zero-order chi connectivity index (χ0) is 16.9. The summed E-state index contributed by atoms with van der Waals surface area (Å²) in [7, 11) is 0. The van der Waals surface area contributed by atoms with Crippen LogP contribution in [-0.2, 0) is 0 Å². The average Bonchev–Trinajstić information content (AvgIpc) is 2.64. The first kappa shape index (κ1) is 17.4. The first-order valence-corrected chi connectivity index (χ1v) is 9.05. The van der Waals surface area contributed by atoms with E-state index in [2.05, 4.69) is 12.1 Å². The van der Waals surface area contributed by atoms with Crippen LogP contribution in [-0.4, -0.2) is 0 Å².